The molecule has 2 atom stereocenters. The Morgan fingerprint density at radius 3 is 2.00 bits per heavy atom. The quantitative estimate of drug-likeness (QED) is 0.261. The third kappa shape index (κ3) is 8.82. The second-order valence-electron chi connectivity index (χ2n) is 12.2. The average molecular weight is 560 g/mol. The average Bonchev–Trinajstić information content (AvgIpc) is 2.98. The van der Waals surface area contributed by atoms with Crippen molar-refractivity contribution >= 4 is 0 Å². The van der Waals surface area contributed by atoms with E-state index in [0.29, 0.717) is 43.2 Å². The highest BCUT2D eigenvalue weighted by Crippen LogP contribution is 2.29. The molecular formula is C34H49N5O2. The van der Waals surface area contributed by atoms with Crippen molar-refractivity contribution in [3.8, 4) is 11.5 Å². The van der Waals surface area contributed by atoms with Gasteiger partial charge in [-0.15, -0.1) is 0 Å². The first-order chi connectivity index (χ1) is 20.0. The van der Waals surface area contributed by atoms with Crippen molar-refractivity contribution in [2.24, 2.45) is 0 Å². The zero-order valence-electron chi connectivity index (χ0n) is 24.7. The van der Waals surface area contributed by atoms with Gasteiger partial charge in [0.2, 0.25) is 0 Å². The van der Waals surface area contributed by atoms with E-state index in [4.69, 9.17) is 0 Å². The molecule has 0 saturated carbocycles. The summed E-state index contributed by atoms with van der Waals surface area (Å²) in [6.07, 6.45) is 13.9. The summed E-state index contributed by atoms with van der Waals surface area (Å²) in [5.41, 5.74) is 5.14. The first-order valence-corrected chi connectivity index (χ1v) is 15.6. The van der Waals surface area contributed by atoms with E-state index >= 15 is 0 Å². The number of aryl methyl sites for hydroxylation is 1. The molecule has 2 fully saturated rings. The van der Waals surface area contributed by atoms with Gasteiger partial charge in [0.25, 0.3) is 0 Å². The second kappa shape index (κ2) is 14.9. The molecule has 2 aromatic rings. The Hall–Kier alpha value is -2.84. The molecule has 222 valence electrons. The third-order valence-corrected chi connectivity index (χ3v) is 8.64. The number of phenolic OH excluding ortho intramolecular Hbond substituents is 2. The van der Waals surface area contributed by atoms with Gasteiger partial charge in [-0.05, 0) is 57.8 Å². The van der Waals surface area contributed by atoms with E-state index in [1.54, 1.807) is 6.07 Å². The number of hydrogen-bond donors (Lipinski definition) is 5. The maximum absolute atomic E-state index is 11.7. The monoisotopic (exact) mass is 559 g/mol. The van der Waals surface area contributed by atoms with E-state index in [1.807, 2.05) is 18.2 Å². The maximum Gasteiger partial charge on any atom is 0.124 e. The van der Waals surface area contributed by atoms with Crippen molar-refractivity contribution in [1.29, 1.82) is 0 Å². The van der Waals surface area contributed by atoms with Crippen molar-refractivity contribution in [1.82, 2.24) is 25.8 Å². The molecule has 0 spiro atoms. The molecule has 41 heavy (non-hydrogen) atoms. The van der Waals surface area contributed by atoms with Crippen LogP contribution in [-0.4, -0.2) is 71.4 Å². The molecule has 7 nitrogen and oxygen atoms in total. The highest BCUT2D eigenvalue weighted by Gasteiger charge is 2.23. The number of dihydropyridines is 1. The van der Waals surface area contributed by atoms with Gasteiger partial charge in [0, 0.05) is 80.3 Å². The molecule has 0 amide bonds. The molecule has 0 aromatic heterocycles. The normalized spacial score (nSPS) is 21.2. The topological polar surface area (TPSA) is 83.0 Å². The van der Waals surface area contributed by atoms with Crippen LogP contribution < -0.4 is 16.0 Å². The number of rotatable bonds is 12. The van der Waals surface area contributed by atoms with Crippen molar-refractivity contribution in [3.63, 3.8) is 0 Å². The molecule has 7 heteroatoms. The summed E-state index contributed by atoms with van der Waals surface area (Å²) in [5, 5.41) is 33.1. The van der Waals surface area contributed by atoms with Crippen molar-refractivity contribution in [2.45, 2.75) is 77.2 Å². The molecule has 3 aliphatic heterocycles. The van der Waals surface area contributed by atoms with Gasteiger partial charge >= 0.3 is 0 Å². The lowest BCUT2D eigenvalue weighted by Gasteiger charge is -2.35. The predicted octanol–water partition coefficient (Wildman–Crippen LogP) is 4.54. The number of allylic oxidation sites excluding steroid dienone is 2. The first kappa shape index (κ1) is 29.6. The Balaban J connectivity index is 1.36. The number of para-hydroxylation sites is 1. The van der Waals surface area contributed by atoms with Gasteiger partial charge in [-0.25, -0.2) is 0 Å². The van der Waals surface area contributed by atoms with Gasteiger partial charge in [0.15, 0.2) is 0 Å². The maximum atomic E-state index is 11.7. The van der Waals surface area contributed by atoms with E-state index in [-0.39, 0.29) is 0 Å². The lowest BCUT2D eigenvalue weighted by Crippen LogP contribution is -2.48. The number of nitrogens with one attached hydrogen (secondary N) is 3. The molecule has 0 bridgehead atoms. The first-order valence-electron chi connectivity index (χ1n) is 15.6. The highest BCUT2D eigenvalue weighted by molar-refractivity contribution is 5.44. The van der Waals surface area contributed by atoms with Crippen LogP contribution in [0, 0.1) is 6.92 Å². The number of aromatic hydroxyl groups is 2. The summed E-state index contributed by atoms with van der Waals surface area (Å²) in [6, 6.07) is 12.8. The number of benzene rings is 2. The Morgan fingerprint density at radius 1 is 0.780 bits per heavy atom. The predicted molar refractivity (Wildman–Crippen MR) is 167 cm³/mol. The fourth-order valence-electron chi connectivity index (χ4n) is 6.55. The summed E-state index contributed by atoms with van der Waals surface area (Å²) in [7, 11) is 0. The lowest BCUT2D eigenvalue weighted by molar-refractivity contribution is 0.184. The van der Waals surface area contributed by atoms with Crippen molar-refractivity contribution < 1.29 is 10.2 Å². The van der Waals surface area contributed by atoms with Gasteiger partial charge < -0.3 is 26.2 Å². The summed E-state index contributed by atoms with van der Waals surface area (Å²) in [5.74, 6) is 0.710. The summed E-state index contributed by atoms with van der Waals surface area (Å²) in [6.45, 7) is 9.80. The van der Waals surface area contributed by atoms with Gasteiger partial charge in [-0.2, -0.15) is 0 Å². The van der Waals surface area contributed by atoms with Gasteiger partial charge in [0.05, 0.1) is 0 Å². The number of hydrogen-bond acceptors (Lipinski definition) is 7. The molecular weight excluding hydrogens is 510 g/mol. The van der Waals surface area contributed by atoms with Crippen LogP contribution in [0.5, 0.6) is 11.5 Å². The van der Waals surface area contributed by atoms with Crippen LogP contribution in [0.2, 0.25) is 0 Å². The minimum atomic E-state index is 0.306. The number of piperidine rings is 2. The van der Waals surface area contributed by atoms with E-state index in [0.717, 1.165) is 61.7 Å². The van der Waals surface area contributed by atoms with Crippen LogP contribution in [0.3, 0.4) is 0 Å². The Kier molecular flexibility index (Phi) is 10.8. The standard InChI is InChI=1S/C34H49N5O2/c1-26-18-28(21-38(23-30-11-4-7-15-35-30)20-27-10-2-3-14-33(27)40)34(41)29(19-26)22-39(24-31-12-5-8-16-36-31)25-32-13-6-9-17-37-32/h2-4,7,10-11,14,18-19,31-32,35-37,40-41H,5-6,8-9,12-13,15-17,20-25H2,1H3. The summed E-state index contributed by atoms with van der Waals surface area (Å²) in [4.78, 5) is 4.86. The van der Waals surface area contributed by atoms with Crippen LogP contribution >= 0.6 is 0 Å². The van der Waals surface area contributed by atoms with Gasteiger partial charge in [-0.1, -0.05) is 60.9 Å². The summed E-state index contributed by atoms with van der Waals surface area (Å²) < 4.78 is 0. The lowest BCUT2D eigenvalue weighted by atomic mass is 10.00. The SMILES string of the molecule is Cc1cc(CN(CC2=CC=CCN2)Cc2ccccc2O)c(O)c(CN(CC2CCCCN2)CC2CCCCN2)c1. The van der Waals surface area contributed by atoms with Crippen LogP contribution in [-0.2, 0) is 19.6 Å². The molecule has 5 N–H and O–H groups in total. The molecule has 3 aliphatic rings. The minimum Gasteiger partial charge on any atom is -0.508 e. The highest BCUT2D eigenvalue weighted by atomic mass is 16.3. The van der Waals surface area contributed by atoms with Crippen LogP contribution in [0.15, 0.2) is 60.3 Å². The van der Waals surface area contributed by atoms with Gasteiger partial charge in [0.1, 0.15) is 11.5 Å². The van der Waals surface area contributed by atoms with E-state index in [9.17, 15) is 10.2 Å². The van der Waals surface area contributed by atoms with E-state index in [1.165, 1.54) is 44.1 Å². The number of nitrogens with zero attached hydrogens (tertiary/aromatic N) is 2. The molecule has 5 rings (SSSR count). The Labute approximate surface area is 246 Å². The van der Waals surface area contributed by atoms with E-state index < -0.39 is 0 Å². The molecule has 2 unspecified atom stereocenters. The third-order valence-electron chi connectivity index (χ3n) is 8.64. The van der Waals surface area contributed by atoms with E-state index in [2.05, 4.69) is 63.0 Å². The van der Waals surface area contributed by atoms with Crippen molar-refractivity contribution in [3.05, 3.63) is 82.6 Å². The van der Waals surface area contributed by atoms with Crippen LogP contribution in [0.4, 0.5) is 0 Å². The second-order valence-corrected chi connectivity index (χ2v) is 12.2. The number of phenols is 2. The minimum absolute atomic E-state index is 0.306. The summed E-state index contributed by atoms with van der Waals surface area (Å²) >= 11 is 0. The zero-order valence-corrected chi connectivity index (χ0v) is 24.7. The Morgan fingerprint density at radius 2 is 1.41 bits per heavy atom. The molecule has 0 radical (unpaired) electrons. The molecule has 2 aromatic carbocycles. The molecule has 0 aliphatic carbocycles. The fraction of sp³-hybridized carbons (Fsp3) is 0.529. The Bertz CT molecular complexity index is 1160. The van der Waals surface area contributed by atoms with Gasteiger partial charge in [-0.3, -0.25) is 9.80 Å². The van der Waals surface area contributed by atoms with Crippen LogP contribution in [0.1, 0.15) is 60.8 Å². The van der Waals surface area contributed by atoms with Crippen molar-refractivity contribution in [2.75, 3.05) is 39.3 Å². The zero-order chi connectivity index (χ0) is 28.4. The smallest absolute Gasteiger partial charge is 0.124 e. The van der Waals surface area contributed by atoms with Crippen LogP contribution in [0.25, 0.3) is 0 Å². The largest absolute Gasteiger partial charge is 0.508 e. The molecule has 3 heterocycles. The fourth-order valence-corrected chi connectivity index (χ4v) is 6.55. The molecule has 2 saturated heterocycles.